The highest BCUT2D eigenvalue weighted by molar-refractivity contribution is 9.10. The van der Waals surface area contributed by atoms with E-state index in [1.165, 1.54) is 12.1 Å². The first-order chi connectivity index (χ1) is 18.1. The first kappa shape index (κ1) is 30.6. The van der Waals surface area contributed by atoms with Gasteiger partial charge in [0.2, 0.25) is 0 Å². The van der Waals surface area contributed by atoms with Gasteiger partial charge in [-0.3, -0.25) is 4.99 Å². The van der Waals surface area contributed by atoms with Gasteiger partial charge in [-0.05, 0) is 87.8 Å². The number of carbonyl (C=O) groups is 1. The molecule has 0 radical (unpaired) electrons. The molecule has 212 valence electrons. The molecule has 2 aliphatic rings. The van der Waals surface area contributed by atoms with Crippen LogP contribution in [0, 0.1) is 35.4 Å². The van der Waals surface area contributed by atoms with Crippen molar-refractivity contribution in [1.82, 2.24) is 0 Å². The number of benzene rings is 2. The van der Waals surface area contributed by atoms with Crippen molar-refractivity contribution in [3.05, 3.63) is 66.8 Å². The topological polar surface area (TPSA) is 52.5 Å². The molecular weight excluding hydrogens is 645 g/mol. The van der Waals surface area contributed by atoms with Gasteiger partial charge in [-0.25, -0.2) is 4.39 Å². The molecule has 0 amide bonds. The number of carboxylic acids is 1. The minimum absolute atomic E-state index is 0.0199. The molecule has 2 aromatic rings. The Kier molecular flexibility index (Phi) is 8.75. The number of nitrogens with zero attached hydrogens (tertiary/aromatic N) is 1. The van der Waals surface area contributed by atoms with Crippen LogP contribution in [0.2, 0.25) is 15.1 Å². The quantitative estimate of drug-likeness (QED) is 0.238. The van der Waals surface area contributed by atoms with Gasteiger partial charge in [0.25, 0.3) is 0 Å². The second-order valence-corrected chi connectivity index (χ2v) is 13.0. The van der Waals surface area contributed by atoms with E-state index in [1.54, 1.807) is 0 Å². The third-order valence-electron chi connectivity index (χ3n) is 8.33. The van der Waals surface area contributed by atoms with E-state index in [2.05, 4.69) is 20.9 Å². The second-order valence-electron chi connectivity index (χ2n) is 11.0. The van der Waals surface area contributed by atoms with Gasteiger partial charge in [-0.1, -0.05) is 68.1 Å². The SMILES string of the molecule is CC(C)C1CC[C@@H](C)C[C@H]1[C@@H]1N=C(c2ccc(F)c(Br)c2)[C@H](C(=O)[O-])[C@@]1(c1cc(Cl)c(Cl)c(Cl)c1)C(F)(F)F. The summed E-state index contributed by atoms with van der Waals surface area (Å²) in [6, 6.07) is 4.03. The maximum Gasteiger partial charge on any atom is 0.401 e. The summed E-state index contributed by atoms with van der Waals surface area (Å²) in [5.74, 6) is -5.53. The number of aliphatic imine (C=N–C) groups is 1. The molecule has 1 unspecified atom stereocenters. The molecular formula is C28H26BrCl3F4NO2-. The fourth-order valence-corrected chi connectivity index (χ4v) is 7.58. The Morgan fingerprint density at radius 3 is 2.26 bits per heavy atom. The number of hydrogen-bond donors (Lipinski definition) is 0. The van der Waals surface area contributed by atoms with Crippen molar-refractivity contribution in [3.63, 3.8) is 0 Å². The van der Waals surface area contributed by atoms with Crippen LogP contribution < -0.4 is 5.11 Å². The molecule has 0 bridgehead atoms. The summed E-state index contributed by atoms with van der Waals surface area (Å²) in [7, 11) is 0. The van der Waals surface area contributed by atoms with Crippen LogP contribution in [0.3, 0.4) is 0 Å². The predicted octanol–water partition coefficient (Wildman–Crippen LogP) is 8.29. The summed E-state index contributed by atoms with van der Waals surface area (Å²) in [6.07, 6.45) is -3.19. The average molecular weight is 671 g/mol. The lowest BCUT2D eigenvalue weighted by Crippen LogP contribution is -2.61. The van der Waals surface area contributed by atoms with Gasteiger partial charge in [0, 0.05) is 0 Å². The molecule has 39 heavy (non-hydrogen) atoms. The Balaban J connectivity index is 2.11. The fraction of sp³-hybridized carbons (Fsp3) is 0.500. The second kappa shape index (κ2) is 11.1. The van der Waals surface area contributed by atoms with Crippen molar-refractivity contribution in [2.24, 2.45) is 34.6 Å². The van der Waals surface area contributed by atoms with Crippen LogP contribution in [0.15, 0.2) is 39.8 Å². The molecule has 0 spiro atoms. The van der Waals surface area contributed by atoms with E-state index in [-0.39, 0.29) is 48.6 Å². The molecule has 3 nitrogen and oxygen atoms in total. The number of rotatable bonds is 5. The highest BCUT2D eigenvalue weighted by Gasteiger charge is 2.71. The zero-order valence-corrected chi connectivity index (χ0v) is 25.1. The van der Waals surface area contributed by atoms with Crippen LogP contribution in [0.25, 0.3) is 0 Å². The highest BCUT2D eigenvalue weighted by atomic mass is 79.9. The van der Waals surface area contributed by atoms with E-state index in [1.807, 2.05) is 20.8 Å². The van der Waals surface area contributed by atoms with Crippen molar-refractivity contribution >= 4 is 62.4 Å². The highest BCUT2D eigenvalue weighted by Crippen LogP contribution is 2.60. The minimum Gasteiger partial charge on any atom is -0.549 e. The monoisotopic (exact) mass is 668 g/mol. The summed E-state index contributed by atoms with van der Waals surface area (Å²) < 4.78 is 61.4. The predicted molar refractivity (Wildman–Crippen MR) is 147 cm³/mol. The summed E-state index contributed by atoms with van der Waals surface area (Å²) >= 11 is 21.6. The molecule has 1 aliphatic heterocycles. The van der Waals surface area contributed by atoms with Crippen LogP contribution in [0.1, 0.15) is 51.2 Å². The van der Waals surface area contributed by atoms with Crippen LogP contribution in [0.4, 0.5) is 17.6 Å². The Morgan fingerprint density at radius 2 is 1.74 bits per heavy atom. The van der Waals surface area contributed by atoms with Crippen molar-refractivity contribution < 1.29 is 27.5 Å². The minimum atomic E-state index is -5.13. The molecule has 0 N–H and O–H groups in total. The summed E-state index contributed by atoms with van der Waals surface area (Å²) in [6.45, 7) is 5.87. The maximum absolute atomic E-state index is 15.8. The first-order valence-corrected chi connectivity index (χ1v) is 14.5. The molecule has 0 aromatic heterocycles. The smallest absolute Gasteiger partial charge is 0.401 e. The lowest BCUT2D eigenvalue weighted by Gasteiger charge is -2.48. The third kappa shape index (κ3) is 5.24. The standard InChI is InChI=1S/C28H27BrCl3F4NO2/c1-12(2)16-6-4-13(3)8-17(16)25-27(28(34,35)36,15-10-19(30)23(32)20(31)11-15)22(26(38)39)24(37-25)14-5-7-21(33)18(29)9-14/h5,7,9-13,16-17,22,25H,4,6,8H2,1-3H3,(H,38,39)/p-1/t13-,16?,17-,22-,25+,27-/m1/s1. The lowest BCUT2D eigenvalue weighted by molar-refractivity contribution is -0.317. The number of halogens is 8. The molecule has 11 heteroatoms. The van der Waals surface area contributed by atoms with E-state index in [0.717, 1.165) is 24.6 Å². The van der Waals surface area contributed by atoms with E-state index >= 15 is 13.2 Å². The van der Waals surface area contributed by atoms with Crippen molar-refractivity contribution in [2.45, 2.75) is 57.7 Å². The Morgan fingerprint density at radius 1 is 1.13 bits per heavy atom. The number of alkyl halides is 3. The van der Waals surface area contributed by atoms with Gasteiger partial charge in [0.05, 0.1) is 43.2 Å². The number of aliphatic carboxylic acids is 1. The largest absolute Gasteiger partial charge is 0.549 e. The van der Waals surface area contributed by atoms with Gasteiger partial charge < -0.3 is 9.90 Å². The van der Waals surface area contributed by atoms with Crippen molar-refractivity contribution in [3.8, 4) is 0 Å². The molecule has 4 rings (SSSR count). The zero-order chi connectivity index (χ0) is 29.0. The number of hydrogen-bond acceptors (Lipinski definition) is 3. The zero-order valence-electron chi connectivity index (χ0n) is 21.3. The van der Waals surface area contributed by atoms with Crippen molar-refractivity contribution in [1.29, 1.82) is 0 Å². The number of carbonyl (C=O) groups excluding carboxylic acids is 1. The van der Waals surface area contributed by atoms with E-state index in [4.69, 9.17) is 34.8 Å². The summed E-state index contributed by atoms with van der Waals surface area (Å²) in [5.41, 5.74) is -3.81. The van der Waals surface area contributed by atoms with Crippen LogP contribution in [-0.4, -0.2) is 23.9 Å². The summed E-state index contributed by atoms with van der Waals surface area (Å²) in [5, 5.41) is 12.2. The van der Waals surface area contributed by atoms with E-state index in [9.17, 15) is 14.3 Å². The van der Waals surface area contributed by atoms with Crippen molar-refractivity contribution in [2.75, 3.05) is 0 Å². The van der Waals surface area contributed by atoms with Gasteiger partial charge in [0.1, 0.15) is 11.2 Å². The van der Waals surface area contributed by atoms with Gasteiger partial charge >= 0.3 is 6.18 Å². The number of carboxylic acid groups (broad SMARTS) is 1. The van der Waals surface area contributed by atoms with Gasteiger partial charge in [-0.2, -0.15) is 13.2 Å². The third-order valence-corrected chi connectivity index (χ3v) is 10.1. The Hall–Kier alpha value is -1.35. The lowest BCUT2D eigenvalue weighted by atomic mass is 9.57. The molecule has 0 saturated heterocycles. The molecule has 1 aliphatic carbocycles. The van der Waals surface area contributed by atoms with Crippen LogP contribution >= 0.6 is 50.7 Å². The average Bonchev–Trinajstić information content (AvgIpc) is 3.21. The molecule has 1 heterocycles. The molecule has 1 saturated carbocycles. The van der Waals surface area contributed by atoms with Gasteiger partial charge in [-0.15, -0.1) is 0 Å². The fourth-order valence-electron chi connectivity index (χ4n) is 6.61. The maximum atomic E-state index is 15.8. The molecule has 1 fully saturated rings. The van der Waals surface area contributed by atoms with Crippen LogP contribution in [0.5, 0.6) is 0 Å². The van der Waals surface area contributed by atoms with Gasteiger partial charge in [0.15, 0.2) is 0 Å². The summed E-state index contributed by atoms with van der Waals surface area (Å²) in [4.78, 5) is 17.5. The van der Waals surface area contributed by atoms with Crippen LogP contribution in [-0.2, 0) is 10.2 Å². The molecule has 6 atom stereocenters. The van der Waals surface area contributed by atoms with E-state index in [0.29, 0.717) is 12.8 Å². The first-order valence-electron chi connectivity index (χ1n) is 12.6. The Labute approximate surface area is 248 Å². The normalized spacial score (nSPS) is 29.5. The molecule has 2 aromatic carbocycles. The Bertz CT molecular complexity index is 1300. The van der Waals surface area contributed by atoms with E-state index < -0.39 is 46.8 Å².